The Morgan fingerprint density at radius 2 is 1.97 bits per heavy atom. The van der Waals surface area contributed by atoms with Crippen molar-refractivity contribution in [2.75, 3.05) is 39.5 Å². The van der Waals surface area contributed by atoms with E-state index in [2.05, 4.69) is 10.5 Å². The number of nitrogens with zero attached hydrogens (tertiary/aromatic N) is 2. The molecule has 1 fully saturated rings. The zero-order valence-electron chi connectivity index (χ0n) is 17.5. The molecule has 0 aromatic heterocycles. The lowest BCUT2D eigenvalue weighted by Crippen LogP contribution is -2.43. The molecule has 0 bridgehead atoms. The van der Waals surface area contributed by atoms with Crippen LogP contribution in [0.1, 0.15) is 22.8 Å². The van der Waals surface area contributed by atoms with E-state index in [1.54, 1.807) is 35.2 Å². The first-order valence-corrected chi connectivity index (χ1v) is 11.1. The van der Waals surface area contributed by atoms with Crippen molar-refractivity contribution in [3.63, 3.8) is 0 Å². The highest BCUT2D eigenvalue weighted by Gasteiger charge is 2.18. The van der Waals surface area contributed by atoms with Crippen LogP contribution in [0.5, 0.6) is 17.2 Å². The van der Waals surface area contributed by atoms with Crippen LogP contribution in [-0.2, 0) is 9.53 Å². The average molecular weight is 553 g/mol. The molecule has 0 radical (unpaired) electrons. The summed E-state index contributed by atoms with van der Waals surface area (Å²) in [5.41, 5.74) is 3.39. The van der Waals surface area contributed by atoms with Gasteiger partial charge in [0.1, 0.15) is 5.75 Å². The number of rotatable bonds is 8. The predicted molar refractivity (Wildman–Crippen MR) is 126 cm³/mol. The van der Waals surface area contributed by atoms with Gasteiger partial charge in [-0.3, -0.25) is 9.59 Å². The van der Waals surface area contributed by atoms with E-state index in [9.17, 15) is 14.7 Å². The molecule has 10 heteroatoms. The molecule has 1 heterocycles. The van der Waals surface area contributed by atoms with Crippen LogP contribution >= 0.6 is 22.6 Å². The third kappa shape index (κ3) is 6.57. The summed E-state index contributed by atoms with van der Waals surface area (Å²) >= 11 is 1.97. The molecule has 2 aromatic carbocycles. The van der Waals surface area contributed by atoms with Crippen LogP contribution in [-0.4, -0.2) is 67.6 Å². The highest BCUT2D eigenvalue weighted by molar-refractivity contribution is 14.1. The normalized spacial score (nSPS) is 13.8. The van der Waals surface area contributed by atoms with Gasteiger partial charge in [-0.05, 0) is 71.5 Å². The van der Waals surface area contributed by atoms with E-state index in [4.69, 9.17) is 14.2 Å². The first kappa shape index (κ1) is 23.8. The smallest absolute Gasteiger partial charge is 0.271 e. The van der Waals surface area contributed by atoms with E-state index in [1.165, 1.54) is 12.3 Å². The third-order valence-corrected chi connectivity index (χ3v) is 5.48. The van der Waals surface area contributed by atoms with Gasteiger partial charge >= 0.3 is 0 Å². The summed E-state index contributed by atoms with van der Waals surface area (Å²) < 4.78 is 17.2. The Labute approximate surface area is 199 Å². The number of aromatic hydroxyl groups is 1. The first-order chi connectivity index (χ1) is 15.5. The first-order valence-electron chi connectivity index (χ1n) is 10.0. The fourth-order valence-corrected chi connectivity index (χ4v) is 3.26. The molecule has 3 rings (SSSR count). The van der Waals surface area contributed by atoms with E-state index in [1.807, 2.05) is 29.5 Å². The van der Waals surface area contributed by atoms with Gasteiger partial charge in [0.25, 0.3) is 11.8 Å². The van der Waals surface area contributed by atoms with Crippen LogP contribution in [0.3, 0.4) is 0 Å². The maximum atomic E-state index is 12.3. The molecule has 2 N–H and O–H groups in total. The second kappa shape index (κ2) is 11.7. The lowest BCUT2D eigenvalue weighted by molar-refractivity contribution is -0.137. The summed E-state index contributed by atoms with van der Waals surface area (Å²) in [4.78, 5) is 26.2. The maximum Gasteiger partial charge on any atom is 0.271 e. The van der Waals surface area contributed by atoms with Crippen LogP contribution in [0.25, 0.3) is 0 Å². The molecule has 0 aliphatic carbocycles. The highest BCUT2D eigenvalue weighted by atomic mass is 127. The second-order valence-electron chi connectivity index (χ2n) is 6.79. The van der Waals surface area contributed by atoms with Gasteiger partial charge in [0, 0.05) is 18.7 Å². The summed E-state index contributed by atoms with van der Waals surface area (Å²) in [6, 6.07) is 9.77. The highest BCUT2D eigenvalue weighted by Crippen LogP contribution is 2.28. The van der Waals surface area contributed by atoms with Crippen molar-refractivity contribution in [1.29, 1.82) is 0 Å². The number of morpholine rings is 1. The minimum absolute atomic E-state index is 0.0336. The number of carbonyl (C=O) groups excluding carboxylic acids is 2. The molecular formula is C22H24IN3O6. The van der Waals surface area contributed by atoms with E-state index < -0.39 is 5.91 Å². The summed E-state index contributed by atoms with van der Waals surface area (Å²) in [5, 5.41) is 13.7. The zero-order chi connectivity index (χ0) is 22.9. The quantitative estimate of drug-likeness (QED) is 0.295. The number of phenolic OH excluding ortho intramolecular Hbond substituents is 1. The number of carbonyl (C=O) groups is 2. The molecule has 1 saturated heterocycles. The maximum absolute atomic E-state index is 12.3. The molecule has 0 unspecified atom stereocenters. The standard InChI is InChI=1S/C22H24IN3O6/c1-2-31-20-11-15(13-24-25-22(29)16-4-5-17(23)18(27)12-16)3-6-19(20)32-14-21(28)26-7-9-30-10-8-26/h3-6,11-13,27H,2,7-10,14H2,1H3,(H,25,29)/b24-13-. The van der Waals surface area contributed by atoms with Gasteiger partial charge in [0.15, 0.2) is 18.1 Å². The summed E-state index contributed by atoms with van der Waals surface area (Å²) in [6.07, 6.45) is 1.47. The van der Waals surface area contributed by atoms with Crippen LogP contribution in [0, 0.1) is 3.57 Å². The number of halogens is 1. The minimum atomic E-state index is -0.445. The molecule has 2 amide bonds. The van der Waals surface area contributed by atoms with Crippen molar-refractivity contribution in [2.24, 2.45) is 5.10 Å². The van der Waals surface area contributed by atoms with Gasteiger partial charge < -0.3 is 24.2 Å². The van der Waals surface area contributed by atoms with Gasteiger partial charge in [-0.15, -0.1) is 0 Å². The molecule has 0 saturated carbocycles. The van der Waals surface area contributed by atoms with Crippen LogP contribution in [0.2, 0.25) is 0 Å². The SMILES string of the molecule is CCOc1cc(/C=N\NC(=O)c2ccc(I)c(O)c2)ccc1OCC(=O)N1CCOCC1. The number of ether oxygens (including phenoxy) is 3. The molecule has 9 nitrogen and oxygen atoms in total. The number of benzene rings is 2. The summed E-state index contributed by atoms with van der Waals surface area (Å²) in [6.45, 7) is 4.36. The number of hydrogen-bond acceptors (Lipinski definition) is 7. The fraction of sp³-hybridized carbons (Fsp3) is 0.318. The monoisotopic (exact) mass is 553 g/mol. The Morgan fingerprint density at radius 1 is 1.19 bits per heavy atom. The largest absolute Gasteiger partial charge is 0.507 e. The van der Waals surface area contributed by atoms with Crippen LogP contribution < -0.4 is 14.9 Å². The van der Waals surface area contributed by atoms with Gasteiger partial charge in [0.05, 0.1) is 29.6 Å². The summed E-state index contributed by atoms with van der Waals surface area (Å²) in [7, 11) is 0. The van der Waals surface area contributed by atoms with Crippen LogP contribution in [0.15, 0.2) is 41.5 Å². The fourth-order valence-electron chi connectivity index (χ4n) is 2.92. The average Bonchev–Trinajstić information content (AvgIpc) is 2.80. The molecule has 0 spiro atoms. The van der Waals surface area contributed by atoms with E-state index in [-0.39, 0.29) is 18.3 Å². The lowest BCUT2D eigenvalue weighted by atomic mass is 10.2. The van der Waals surface area contributed by atoms with Crippen molar-refractivity contribution in [3.05, 3.63) is 51.1 Å². The zero-order valence-corrected chi connectivity index (χ0v) is 19.7. The molecule has 32 heavy (non-hydrogen) atoms. The Balaban J connectivity index is 1.60. The molecular weight excluding hydrogens is 529 g/mol. The van der Waals surface area contributed by atoms with Gasteiger partial charge in [-0.2, -0.15) is 5.10 Å². The second-order valence-corrected chi connectivity index (χ2v) is 7.95. The van der Waals surface area contributed by atoms with Gasteiger partial charge in [-0.1, -0.05) is 0 Å². The van der Waals surface area contributed by atoms with Crippen molar-refractivity contribution >= 4 is 40.6 Å². The predicted octanol–water partition coefficient (Wildman–Crippen LogP) is 2.40. The molecule has 2 aromatic rings. The Morgan fingerprint density at radius 3 is 2.69 bits per heavy atom. The van der Waals surface area contributed by atoms with Gasteiger partial charge in [0.2, 0.25) is 0 Å². The molecule has 1 aliphatic heterocycles. The van der Waals surface area contributed by atoms with E-state index in [0.29, 0.717) is 59.1 Å². The third-order valence-electron chi connectivity index (χ3n) is 4.57. The number of amides is 2. The number of hydrazone groups is 1. The molecule has 170 valence electrons. The van der Waals surface area contributed by atoms with E-state index in [0.717, 1.165) is 0 Å². The van der Waals surface area contributed by atoms with E-state index >= 15 is 0 Å². The Bertz CT molecular complexity index is 992. The Hall–Kier alpha value is -2.86. The van der Waals surface area contributed by atoms with Crippen molar-refractivity contribution in [1.82, 2.24) is 10.3 Å². The molecule has 1 aliphatic rings. The van der Waals surface area contributed by atoms with Crippen molar-refractivity contribution in [3.8, 4) is 17.2 Å². The molecule has 0 atom stereocenters. The number of hydrogen-bond donors (Lipinski definition) is 2. The van der Waals surface area contributed by atoms with Crippen molar-refractivity contribution in [2.45, 2.75) is 6.92 Å². The van der Waals surface area contributed by atoms with Crippen molar-refractivity contribution < 1.29 is 28.9 Å². The number of phenols is 1. The lowest BCUT2D eigenvalue weighted by Gasteiger charge is -2.26. The Kier molecular flexibility index (Phi) is 8.68. The number of nitrogens with one attached hydrogen (secondary N) is 1. The van der Waals surface area contributed by atoms with Gasteiger partial charge in [-0.25, -0.2) is 5.43 Å². The topological polar surface area (TPSA) is 110 Å². The van der Waals surface area contributed by atoms with Crippen LogP contribution in [0.4, 0.5) is 0 Å². The summed E-state index contributed by atoms with van der Waals surface area (Å²) in [5.74, 6) is 0.403. The minimum Gasteiger partial charge on any atom is -0.507 e.